The van der Waals surface area contributed by atoms with E-state index >= 15 is 0 Å². The summed E-state index contributed by atoms with van der Waals surface area (Å²) in [6.45, 7) is 1.37. The number of fused-ring (bicyclic) bond motifs is 3. The van der Waals surface area contributed by atoms with E-state index in [1.54, 1.807) is 23.9 Å². The van der Waals surface area contributed by atoms with Gasteiger partial charge in [0.05, 0.1) is 0 Å². The zero-order valence-electron chi connectivity index (χ0n) is 15.5. The highest BCUT2D eigenvalue weighted by molar-refractivity contribution is 7.98. The molecule has 2 aromatic rings. The predicted octanol–water partition coefficient (Wildman–Crippen LogP) is 2.84. The van der Waals surface area contributed by atoms with Crippen molar-refractivity contribution in [1.29, 1.82) is 0 Å². The van der Waals surface area contributed by atoms with Crippen LogP contribution in [0.3, 0.4) is 0 Å². The summed E-state index contributed by atoms with van der Waals surface area (Å²) >= 11 is 1.59. The first-order chi connectivity index (χ1) is 13.0. The molecule has 1 aromatic carbocycles. The average molecular weight is 389 g/mol. The lowest BCUT2D eigenvalue weighted by Crippen LogP contribution is -2.42. The number of rotatable bonds is 6. The fourth-order valence-electron chi connectivity index (χ4n) is 3.41. The fourth-order valence-corrected chi connectivity index (χ4v) is 3.88. The normalized spacial score (nSPS) is 14.4. The Bertz CT molecular complexity index is 920. The second-order valence-corrected chi connectivity index (χ2v) is 7.65. The molecule has 1 amide bonds. The second-order valence-electron chi connectivity index (χ2n) is 6.67. The molecule has 0 spiro atoms. The van der Waals surface area contributed by atoms with Gasteiger partial charge in [-0.3, -0.25) is 4.79 Å². The molecule has 1 heterocycles. The SMILES string of the molecule is CSCC[C@H](NC(C)=O)C(=O)Oc1ccc2c3c(c(=O)oc2c1)CCCC3. The Hall–Kier alpha value is -2.28. The van der Waals surface area contributed by atoms with E-state index in [0.29, 0.717) is 17.8 Å². The predicted molar refractivity (Wildman–Crippen MR) is 105 cm³/mol. The number of benzene rings is 1. The highest BCUT2D eigenvalue weighted by Gasteiger charge is 2.22. The van der Waals surface area contributed by atoms with Crippen LogP contribution < -0.4 is 15.7 Å². The Morgan fingerprint density at radius 3 is 2.70 bits per heavy atom. The van der Waals surface area contributed by atoms with E-state index in [2.05, 4.69) is 5.32 Å². The minimum Gasteiger partial charge on any atom is -0.425 e. The Labute approximate surface area is 161 Å². The summed E-state index contributed by atoms with van der Waals surface area (Å²) in [5.74, 6) is 0.206. The van der Waals surface area contributed by atoms with Gasteiger partial charge in [-0.25, -0.2) is 9.59 Å². The van der Waals surface area contributed by atoms with Gasteiger partial charge in [-0.1, -0.05) is 0 Å². The van der Waals surface area contributed by atoms with Crippen molar-refractivity contribution in [3.63, 3.8) is 0 Å². The molecule has 6 nitrogen and oxygen atoms in total. The van der Waals surface area contributed by atoms with Crippen molar-refractivity contribution in [3.8, 4) is 5.75 Å². The van der Waals surface area contributed by atoms with Gasteiger partial charge in [0.1, 0.15) is 17.4 Å². The van der Waals surface area contributed by atoms with E-state index in [4.69, 9.17) is 9.15 Å². The summed E-state index contributed by atoms with van der Waals surface area (Å²) in [5, 5.41) is 3.52. The lowest BCUT2D eigenvalue weighted by Gasteiger charge is -2.18. The smallest absolute Gasteiger partial charge is 0.339 e. The van der Waals surface area contributed by atoms with Gasteiger partial charge >= 0.3 is 11.6 Å². The van der Waals surface area contributed by atoms with Gasteiger partial charge in [0.2, 0.25) is 5.91 Å². The Kier molecular flexibility index (Phi) is 6.21. The van der Waals surface area contributed by atoms with Crippen LogP contribution in [-0.2, 0) is 22.4 Å². The number of carbonyl (C=O) groups is 2. The summed E-state index contributed by atoms with van der Waals surface area (Å²) in [6.07, 6.45) is 6.07. The van der Waals surface area contributed by atoms with Gasteiger partial charge in [0.15, 0.2) is 0 Å². The molecule has 1 aliphatic rings. The number of amides is 1. The van der Waals surface area contributed by atoms with Gasteiger partial charge in [-0.05, 0) is 61.8 Å². The maximum absolute atomic E-state index is 12.5. The third-order valence-electron chi connectivity index (χ3n) is 4.69. The number of esters is 1. The maximum Gasteiger partial charge on any atom is 0.339 e. The molecule has 0 bridgehead atoms. The fraction of sp³-hybridized carbons (Fsp3) is 0.450. The number of ether oxygens (including phenoxy) is 1. The molecule has 27 heavy (non-hydrogen) atoms. The first kappa shape index (κ1) is 19.5. The molecule has 7 heteroatoms. The Morgan fingerprint density at radius 2 is 2.00 bits per heavy atom. The standard InChI is InChI=1S/C20H23NO5S/c1-12(22)21-17(9-10-27-2)20(24)25-13-7-8-15-14-5-3-4-6-16(14)19(23)26-18(15)11-13/h7-8,11,17H,3-6,9-10H2,1-2H3,(H,21,22)/t17-/m0/s1. The van der Waals surface area contributed by atoms with E-state index in [1.807, 2.05) is 12.3 Å². The monoisotopic (exact) mass is 389 g/mol. The summed E-state index contributed by atoms with van der Waals surface area (Å²) in [6, 6.07) is 4.40. The lowest BCUT2D eigenvalue weighted by atomic mass is 9.91. The third kappa shape index (κ3) is 4.53. The van der Waals surface area contributed by atoms with Crippen molar-refractivity contribution in [2.75, 3.05) is 12.0 Å². The molecule has 1 aromatic heterocycles. The number of nitrogens with one attached hydrogen (secondary N) is 1. The van der Waals surface area contributed by atoms with Crippen molar-refractivity contribution in [2.45, 2.75) is 45.1 Å². The number of aryl methyl sites for hydroxylation is 1. The summed E-state index contributed by atoms with van der Waals surface area (Å²) in [4.78, 5) is 36.0. The van der Waals surface area contributed by atoms with E-state index < -0.39 is 12.0 Å². The molecule has 0 unspecified atom stereocenters. The Balaban J connectivity index is 1.85. The first-order valence-corrected chi connectivity index (χ1v) is 10.5. The van der Waals surface area contributed by atoms with Crippen LogP contribution in [0.2, 0.25) is 0 Å². The molecular formula is C20H23NO5S. The lowest BCUT2D eigenvalue weighted by molar-refractivity contribution is -0.139. The van der Waals surface area contributed by atoms with Crippen molar-refractivity contribution in [3.05, 3.63) is 39.7 Å². The maximum atomic E-state index is 12.5. The third-order valence-corrected chi connectivity index (χ3v) is 5.33. The first-order valence-electron chi connectivity index (χ1n) is 9.06. The summed E-state index contributed by atoms with van der Waals surface area (Å²) in [7, 11) is 0. The number of thioether (sulfide) groups is 1. The second kappa shape index (κ2) is 8.61. The summed E-state index contributed by atoms with van der Waals surface area (Å²) in [5.41, 5.74) is 1.92. The van der Waals surface area contributed by atoms with Gasteiger partial charge in [-0.2, -0.15) is 11.8 Å². The molecule has 1 atom stereocenters. The molecule has 0 radical (unpaired) electrons. The van der Waals surface area contributed by atoms with E-state index in [0.717, 1.165) is 47.9 Å². The molecule has 0 aliphatic heterocycles. The van der Waals surface area contributed by atoms with Crippen molar-refractivity contribution >= 4 is 34.6 Å². The molecule has 0 saturated heterocycles. The number of hydrogen-bond donors (Lipinski definition) is 1. The highest BCUT2D eigenvalue weighted by atomic mass is 32.2. The minimum absolute atomic E-state index is 0.283. The number of hydrogen-bond acceptors (Lipinski definition) is 6. The molecule has 0 fully saturated rings. The largest absolute Gasteiger partial charge is 0.425 e. The zero-order valence-corrected chi connectivity index (χ0v) is 16.3. The summed E-state index contributed by atoms with van der Waals surface area (Å²) < 4.78 is 10.9. The van der Waals surface area contributed by atoms with Crippen LogP contribution in [0.4, 0.5) is 0 Å². The van der Waals surface area contributed by atoms with E-state index in [9.17, 15) is 14.4 Å². The molecule has 3 rings (SSSR count). The van der Waals surface area contributed by atoms with E-state index in [1.165, 1.54) is 6.92 Å². The molecule has 144 valence electrons. The van der Waals surface area contributed by atoms with Crippen LogP contribution in [0.25, 0.3) is 11.0 Å². The van der Waals surface area contributed by atoms with Crippen LogP contribution in [0.15, 0.2) is 27.4 Å². The number of carbonyl (C=O) groups excluding carboxylic acids is 2. The van der Waals surface area contributed by atoms with Crippen molar-refractivity contribution < 1.29 is 18.7 Å². The molecule has 1 N–H and O–H groups in total. The zero-order chi connectivity index (χ0) is 19.4. The van der Waals surface area contributed by atoms with Crippen LogP contribution in [0, 0.1) is 0 Å². The van der Waals surface area contributed by atoms with Crippen molar-refractivity contribution in [2.24, 2.45) is 0 Å². The van der Waals surface area contributed by atoms with Crippen molar-refractivity contribution in [1.82, 2.24) is 5.32 Å². The quantitative estimate of drug-likeness (QED) is 0.465. The Morgan fingerprint density at radius 1 is 1.26 bits per heavy atom. The van der Waals surface area contributed by atoms with Gasteiger partial charge < -0.3 is 14.5 Å². The topological polar surface area (TPSA) is 85.6 Å². The van der Waals surface area contributed by atoms with Gasteiger partial charge in [0.25, 0.3) is 0 Å². The molecule has 0 saturated carbocycles. The van der Waals surface area contributed by atoms with Crippen LogP contribution in [-0.4, -0.2) is 29.9 Å². The van der Waals surface area contributed by atoms with Crippen LogP contribution in [0.5, 0.6) is 5.75 Å². The van der Waals surface area contributed by atoms with Gasteiger partial charge in [-0.15, -0.1) is 0 Å². The molecule has 1 aliphatic carbocycles. The van der Waals surface area contributed by atoms with Gasteiger partial charge in [0, 0.05) is 23.9 Å². The molecular weight excluding hydrogens is 366 g/mol. The average Bonchev–Trinajstić information content (AvgIpc) is 2.65. The van der Waals surface area contributed by atoms with E-state index in [-0.39, 0.29) is 11.5 Å². The van der Waals surface area contributed by atoms with Crippen LogP contribution in [0.1, 0.15) is 37.3 Å². The van der Waals surface area contributed by atoms with Crippen LogP contribution >= 0.6 is 11.8 Å². The minimum atomic E-state index is -0.707. The highest BCUT2D eigenvalue weighted by Crippen LogP contribution is 2.29.